The van der Waals surface area contributed by atoms with Crippen LogP contribution >= 0.6 is 11.6 Å². The molecule has 1 N–H and O–H groups in total. The van der Waals surface area contributed by atoms with E-state index in [0.717, 1.165) is 0 Å². The summed E-state index contributed by atoms with van der Waals surface area (Å²) in [6, 6.07) is 4.76. The molecule has 2 aromatic rings. The van der Waals surface area contributed by atoms with Gasteiger partial charge in [-0.3, -0.25) is 4.98 Å². The molecule has 112 valence electrons. The van der Waals surface area contributed by atoms with Crippen molar-refractivity contribution in [1.29, 1.82) is 0 Å². The summed E-state index contributed by atoms with van der Waals surface area (Å²) in [5, 5.41) is 11.0. The number of fused-ring (bicyclic) bond motifs is 1. The Morgan fingerprint density at radius 3 is 2.71 bits per heavy atom. The number of ether oxygens (including phenoxy) is 1. The van der Waals surface area contributed by atoms with E-state index >= 15 is 0 Å². The van der Waals surface area contributed by atoms with Gasteiger partial charge in [0.1, 0.15) is 10.6 Å². The lowest BCUT2D eigenvalue weighted by atomic mass is 10.2. The normalized spacial score (nSPS) is 17.2. The first-order valence-electron chi connectivity index (χ1n) is 6.35. The standard InChI is InChI=1S/C13H13ClN2O4S/c14-9-1-2-11-10(7-9)13(17)12(8-15-11)21(18,19)16-3-5-20-6-4-16/h1-2,7-8H,3-6H2,(H,15,17). The molecule has 0 bridgehead atoms. The molecule has 0 saturated carbocycles. The molecule has 1 aliphatic heterocycles. The van der Waals surface area contributed by atoms with Gasteiger partial charge in [-0.2, -0.15) is 4.31 Å². The highest BCUT2D eigenvalue weighted by atomic mass is 35.5. The van der Waals surface area contributed by atoms with Crippen LogP contribution in [0.15, 0.2) is 29.3 Å². The first-order chi connectivity index (χ1) is 10.00. The zero-order valence-corrected chi connectivity index (χ0v) is 12.6. The van der Waals surface area contributed by atoms with E-state index in [9.17, 15) is 13.5 Å². The Hall–Kier alpha value is -1.41. The highest BCUT2D eigenvalue weighted by Gasteiger charge is 2.30. The molecule has 0 amide bonds. The van der Waals surface area contributed by atoms with E-state index in [1.54, 1.807) is 12.1 Å². The minimum absolute atomic E-state index is 0.209. The number of pyridine rings is 1. The van der Waals surface area contributed by atoms with Gasteiger partial charge >= 0.3 is 0 Å². The molecule has 0 unspecified atom stereocenters. The monoisotopic (exact) mass is 328 g/mol. The highest BCUT2D eigenvalue weighted by Crippen LogP contribution is 2.33. The van der Waals surface area contributed by atoms with Gasteiger partial charge in [0, 0.05) is 23.5 Å². The average molecular weight is 329 g/mol. The summed E-state index contributed by atoms with van der Waals surface area (Å²) in [5.41, 5.74) is 0.484. The van der Waals surface area contributed by atoms with Crippen LogP contribution in [-0.4, -0.2) is 49.1 Å². The number of halogens is 1. The number of morpholine rings is 1. The molecule has 2 heterocycles. The Kier molecular flexibility index (Phi) is 3.75. The molecule has 0 aliphatic carbocycles. The second-order valence-electron chi connectivity index (χ2n) is 4.65. The molecular weight excluding hydrogens is 316 g/mol. The van der Waals surface area contributed by atoms with Crippen LogP contribution in [-0.2, 0) is 14.8 Å². The second kappa shape index (κ2) is 5.42. The summed E-state index contributed by atoms with van der Waals surface area (Å²) in [7, 11) is -3.80. The maximum absolute atomic E-state index is 12.6. The molecule has 21 heavy (non-hydrogen) atoms. The lowest BCUT2D eigenvalue weighted by Gasteiger charge is -2.26. The van der Waals surface area contributed by atoms with Crippen LogP contribution in [0.25, 0.3) is 10.9 Å². The minimum atomic E-state index is -3.80. The summed E-state index contributed by atoms with van der Waals surface area (Å²) < 4.78 is 31.6. The summed E-state index contributed by atoms with van der Waals surface area (Å²) in [6.45, 7) is 1.20. The van der Waals surface area contributed by atoms with Crippen molar-refractivity contribution in [3.8, 4) is 5.75 Å². The Bertz CT molecular complexity index is 788. The molecule has 1 fully saturated rings. The zero-order valence-electron chi connectivity index (χ0n) is 11.0. The SMILES string of the molecule is O=S(=O)(c1cnc2ccc(Cl)cc2c1O)N1CCOCC1. The Morgan fingerprint density at radius 2 is 2.00 bits per heavy atom. The van der Waals surface area contributed by atoms with Gasteiger partial charge in [-0.15, -0.1) is 0 Å². The fraction of sp³-hybridized carbons (Fsp3) is 0.308. The van der Waals surface area contributed by atoms with Crippen LogP contribution in [0.5, 0.6) is 5.75 Å². The van der Waals surface area contributed by atoms with Gasteiger partial charge in [0.25, 0.3) is 0 Å². The van der Waals surface area contributed by atoms with Crippen molar-refractivity contribution in [2.75, 3.05) is 26.3 Å². The van der Waals surface area contributed by atoms with Gasteiger partial charge in [-0.05, 0) is 18.2 Å². The Morgan fingerprint density at radius 1 is 1.29 bits per heavy atom. The van der Waals surface area contributed by atoms with Crippen molar-refractivity contribution < 1.29 is 18.3 Å². The minimum Gasteiger partial charge on any atom is -0.506 e. The van der Waals surface area contributed by atoms with E-state index in [-0.39, 0.29) is 23.7 Å². The smallest absolute Gasteiger partial charge is 0.248 e. The number of hydrogen-bond donors (Lipinski definition) is 1. The van der Waals surface area contributed by atoms with Gasteiger partial charge in [0.2, 0.25) is 10.0 Å². The third-order valence-corrected chi connectivity index (χ3v) is 5.49. The number of hydrogen-bond acceptors (Lipinski definition) is 5. The molecule has 1 aliphatic rings. The average Bonchev–Trinajstić information content (AvgIpc) is 2.49. The fourth-order valence-electron chi connectivity index (χ4n) is 2.25. The van der Waals surface area contributed by atoms with Crippen LogP contribution in [0, 0.1) is 0 Å². The fourth-order valence-corrected chi connectivity index (χ4v) is 3.87. The Balaban J connectivity index is 2.13. The van der Waals surface area contributed by atoms with Crippen molar-refractivity contribution in [2.45, 2.75) is 4.90 Å². The number of nitrogens with zero attached hydrogens (tertiary/aromatic N) is 2. The molecule has 0 spiro atoms. The summed E-state index contributed by atoms with van der Waals surface area (Å²) in [6.07, 6.45) is 1.18. The first kappa shape index (κ1) is 14.5. The van der Waals surface area contributed by atoms with Crippen LogP contribution in [0.2, 0.25) is 5.02 Å². The molecule has 1 aromatic carbocycles. The van der Waals surface area contributed by atoms with E-state index in [0.29, 0.717) is 29.1 Å². The molecule has 0 radical (unpaired) electrons. The quantitative estimate of drug-likeness (QED) is 0.906. The van der Waals surface area contributed by atoms with Gasteiger partial charge in [-0.1, -0.05) is 11.6 Å². The molecule has 1 saturated heterocycles. The van der Waals surface area contributed by atoms with Crippen LogP contribution in [0.4, 0.5) is 0 Å². The lowest BCUT2D eigenvalue weighted by Crippen LogP contribution is -2.40. The zero-order chi connectivity index (χ0) is 15.0. The number of rotatable bonds is 2. The maximum atomic E-state index is 12.6. The molecule has 3 rings (SSSR count). The maximum Gasteiger partial charge on any atom is 0.248 e. The van der Waals surface area contributed by atoms with Crippen molar-refractivity contribution in [3.05, 3.63) is 29.4 Å². The number of benzene rings is 1. The highest BCUT2D eigenvalue weighted by molar-refractivity contribution is 7.89. The van der Waals surface area contributed by atoms with Crippen LogP contribution in [0.1, 0.15) is 0 Å². The van der Waals surface area contributed by atoms with Crippen molar-refractivity contribution in [1.82, 2.24) is 9.29 Å². The van der Waals surface area contributed by atoms with E-state index in [2.05, 4.69) is 4.98 Å². The number of aromatic hydroxyl groups is 1. The molecule has 1 aromatic heterocycles. The van der Waals surface area contributed by atoms with E-state index in [1.165, 1.54) is 16.6 Å². The van der Waals surface area contributed by atoms with Crippen LogP contribution in [0.3, 0.4) is 0 Å². The first-order valence-corrected chi connectivity index (χ1v) is 8.17. The second-order valence-corrected chi connectivity index (χ2v) is 6.99. The summed E-state index contributed by atoms with van der Waals surface area (Å²) >= 11 is 5.89. The third kappa shape index (κ3) is 2.57. The van der Waals surface area contributed by atoms with Crippen molar-refractivity contribution in [2.24, 2.45) is 0 Å². The number of aromatic nitrogens is 1. The molecule has 6 nitrogen and oxygen atoms in total. The van der Waals surface area contributed by atoms with Crippen molar-refractivity contribution in [3.63, 3.8) is 0 Å². The topological polar surface area (TPSA) is 79.7 Å². The van der Waals surface area contributed by atoms with Gasteiger partial charge in [0.05, 0.1) is 24.9 Å². The number of sulfonamides is 1. The lowest BCUT2D eigenvalue weighted by molar-refractivity contribution is 0.0729. The van der Waals surface area contributed by atoms with Crippen molar-refractivity contribution >= 4 is 32.5 Å². The van der Waals surface area contributed by atoms with Gasteiger partial charge in [0.15, 0.2) is 0 Å². The Labute approximate surface area is 127 Å². The largest absolute Gasteiger partial charge is 0.506 e. The van der Waals surface area contributed by atoms with Gasteiger partial charge < -0.3 is 9.84 Å². The predicted octanol–water partition coefficient (Wildman–Crippen LogP) is 1.61. The summed E-state index contributed by atoms with van der Waals surface area (Å²) in [5.74, 6) is -0.325. The van der Waals surface area contributed by atoms with E-state index in [1.807, 2.05) is 0 Å². The molecular formula is C13H13ClN2O4S. The van der Waals surface area contributed by atoms with E-state index in [4.69, 9.17) is 16.3 Å². The molecule has 0 atom stereocenters. The predicted molar refractivity (Wildman–Crippen MR) is 78.0 cm³/mol. The summed E-state index contributed by atoms with van der Waals surface area (Å²) in [4.78, 5) is 3.88. The van der Waals surface area contributed by atoms with Gasteiger partial charge in [-0.25, -0.2) is 8.42 Å². The van der Waals surface area contributed by atoms with Crippen LogP contribution < -0.4 is 0 Å². The molecule has 8 heteroatoms. The third-order valence-electron chi connectivity index (χ3n) is 3.36. The van der Waals surface area contributed by atoms with E-state index < -0.39 is 10.0 Å².